The molecule has 114 valence electrons. The van der Waals surface area contributed by atoms with Gasteiger partial charge in [-0.2, -0.15) is 0 Å². The standard InChI is InChI=1S/C14H18N2O5/c1-3-4-12(17)15-8-13(18)16-11-6-5-9(21-2)7-10(11)14(19)20/h5-7H,3-4,8H2,1-2H3,(H,15,17)(H,16,18)(H,19,20). The first kappa shape index (κ1) is 16.5. The molecule has 0 aliphatic rings. The van der Waals surface area contributed by atoms with Gasteiger partial charge in [0, 0.05) is 6.42 Å². The van der Waals surface area contributed by atoms with Crippen LogP contribution in [0.2, 0.25) is 0 Å². The fourth-order valence-electron chi connectivity index (χ4n) is 1.62. The number of benzene rings is 1. The first-order chi connectivity index (χ1) is 9.97. The monoisotopic (exact) mass is 294 g/mol. The van der Waals surface area contributed by atoms with E-state index in [4.69, 9.17) is 9.84 Å². The molecule has 3 N–H and O–H groups in total. The third-order valence-electron chi connectivity index (χ3n) is 2.65. The molecule has 0 saturated carbocycles. The minimum atomic E-state index is -1.18. The molecular weight excluding hydrogens is 276 g/mol. The van der Waals surface area contributed by atoms with Gasteiger partial charge in [0.05, 0.1) is 24.9 Å². The average Bonchev–Trinajstić information content (AvgIpc) is 2.45. The molecule has 0 aliphatic heterocycles. The Bertz CT molecular complexity index is 542. The number of hydrogen-bond donors (Lipinski definition) is 3. The third-order valence-corrected chi connectivity index (χ3v) is 2.65. The molecule has 0 heterocycles. The van der Waals surface area contributed by atoms with Crippen molar-refractivity contribution >= 4 is 23.5 Å². The van der Waals surface area contributed by atoms with Crippen molar-refractivity contribution < 1.29 is 24.2 Å². The number of hydrogen-bond acceptors (Lipinski definition) is 4. The van der Waals surface area contributed by atoms with Crippen LogP contribution in [0.5, 0.6) is 5.75 Å². The lowest BCUT2D eigenvalue weighted by molar-refractivity contribution is -0.124. The number of amides is 2. The molecular formula is C14H18N2O5. The van der Waals surface area contributed by atoms with Crippen LogP contribution in [0, 0.1) is 0 Å². The Labute approximate surface area is 122 Å². The normalized spacial score (nSPS) is 9.81. The van der Waals surface area contributed by atoms with E-state index in [2.05, 4.69) is 10.6 Å². The summed E-state index contributed by atoms with van der Waals surface area (Å²) in [6.45, 7) is 1.65. The van der Waals surface area contributed by atoms with E-state index in [1.54, 1.807) is 0 Å². The van der Waals surface area contributed by atoms with Crippen molar-refractivity contribution in [3.8, 4) is 5.75 Å². The third kappa shape index (κ3) is 5.13. The van der Waals surface area contributed by atoms with E-state index in [1.165, 1.54) is 25.3 Å². The molecule has 21 heavy (non-hydrogen) atoms. The Balaban J connectivity index is 2.71. The first-order valence-corrected chi connectivity index (χ1v) is 6.45. The van der Waals surface area contributed by atoms with Gasteiger partial charge in [-0.1, -0.05) is 6.92 Å². The van der Waals surface area contributed by atoms with Gasteiger partial charge in [-0.3, -0.25) is 9.59 Å². The molecule has 1 aromatic rings. The maximum Gasteiger partial charge on any atom is 0.337 e. The topological polar surface area (TPSA) is 105 Å². The maximum absolute atomic E-state index is 11.7. The van der Waals surface area contributed by atoms with E-state index in [0.717, 1.165) is 0 Å². The Morgan fingerprint density at radius 3 is 2.52 bits per heavy atom. The lowest BCUT2D eigenvalue weighted by Crippen LogP contribution is -2.32. The summed E-state index contributed by atoms with van der Waals surface area (Å²) in [4.78, 5) is 34.1. The number of carboxylic acid groups (broad SMARTS) is 1. The van der Waals surface area contributed by atoms with Crippen molar-refractivity contribution in [2.24, 2.45) is 0 Å². The van der Waals surface area contributed by atoms with Gasteiger partial charge in [0.1, 0.15) is 5.75 Å². The molecule has 1 rings (SSSR count). The Morgan fingerprint density at radius 1 is 1.24 bits per heavy atom. The van der Waals surface area contributed by atoms with Gasteiger partial charge in [-0.15, -0.1) is 0 Å². The van der Waals surface area contributed by atoms with Crippen molar-refractivity contribution in [2.45, 2.75) is 19.8 Å². The Hall–Kier alpha value is -2.57. The molecule has 0 unspecified atom stereocenters. The smallest absolute Gasteiger partial charge is 0.337 e. The zero-order valence-corrected chi connectivity index (χ0v) is 11.9. The van der Waals surface area contributed by atoms with Crippen LogP contribution in [-0.4, -0.2) is 36.5 Å². The highest BCUT2D eigenvalue weighted by Crippen LogP contribution is 2.22. The Kier molecular flexibility index (Phi) is 6.19. The predicted molar refractivity (Wildman–Crippen MR) is 76.5 cm³/mol. The van der Waals surface area contributed by atoms with Gasteiger partial charge in [0.25, 0.3) is 0 Å². The van der Waals surface area contributed by atoms with Gasteiger partial charge in [-0.05, 0) is 24.6 Å². The van der Waals surface area contributed by atoms with Crippen molar-refractivity contribution in [3.05, 3.63) is 23.8 Å². The second-order valence-electron chi connectivity index (χ2n) is 4.29. The van der Waals surface area contributed by atoms with Gasteiger partial charge < -0.3 is 20.5 Å². The number of nitrogens with one attached hydrogen (secondary N) is 2. The maximum atomic E-state index is 11.7. The van der Waals surface area contributed by atoms with Gasteiger partial charge >= 0.3 is 5.97 Å². The molecule has 0 bridgehead atoms. The summed E-state index contributed by atoms with van der Waals surface area (Å²) in [6.07, 6.45) is 1.03. The van der Waals surface area contributed by atoms with Crippen LogP contribution in [0.1, 0.15) is 30.1 Å². The summed E-state index contributed by atoms with van der Waals surface area (Å²) in [5.41, 5.74) is 0.0700. The number of carboxylic acids is 1. The predicted octanol–water partition coefficient (Wildman–Crippen LogP) is 1.25. The zero-order chi connectivity index (χ0) is 15.8. The van der Waals surface area contributed by atoms with E-state index in [0.29, 0.717) is 18.6 Å². The van der Waals surface area contributed by atoms with Crippen molar-refractivity contribution in [3.63, 3.8) is 0 Å². The fourth-order valence-corrected chi connectivity index (χ4v) is 1.62. The van der Waals surface area contributed by atoms with Crippen LogP contribution in [0.15, 0.2) is 18.2 Å². The lowest BCUT2D eigenvalue weighted by Gasteiger charge is -2.10. The Morgan fingerprint density at radius 2 is 1.95 bits per heavy atom. The minimum Gasteiger partial charge on any atom is -0.497 e. The minimum absolute atomic E-state index is 0.0809. The van der Waals surface area contributed by atoms with E-state index >= 15 is 0 Å². The molecule has 7 heteroatoms. The molecule has 0 aromatic heterocycles. The molecule has 7 nitrogen and oxygen atoms in total. The molecule has 1 aromatic carbocycles. The molecule has 0 aliphatic carbocycles. The lowest BCUT2D eigenvalue weighted by atomic mass is 10.1. The summed E-state index contributed by atoms with van der Waals surface area (Å²) in [5.74, 6) is -1.52. The van der Waals surface area contributed by atoms with Crippen LogP contribution in [-0.2, 0) is 9.59 Å². The number of anilines is 1. The van der Waals surface area contributed by atoms with E-state index in [-0.39, 0.29) is 23.7 Å². The van der Waals surface area contributed by atoms with Crippen LogP contribution in [0.25, 0.3) is 0 Å². The van der Waals surface area contributed by atoms with Gasteiger partial charge in [0.2, 0.25) is 11.8 Å². The van der Waals surface area contributed by atoms with Crippen molar-refractivity contribution in [1.82, 2.24) is 5.32 Å². The highest BCUT2D eigenvalue weighted by molar-refractivity contribution is 6.02. The molecule has 0 atom stereocenters. The quantitative estimate of drug-likeness (QED) is 0.702. The largest absolute Gasteiger partial charge is 0.497 e. The van der Waals surface area contributed by atoms with Crippen LogP contribution in [0.4, 0.5) is 5.69 Å². The van der Waals surface area contributed by atoms with Crippen LogP contribution < -0.4 is 15.4 Å². The van der Waals surface area contributed by atoms with E-state index < -0.39 is 11.9 Å². The number of carbonyl (C=O) groups is 3. The molecule has 0 fully saturated rings. The van der Waals surface area contributed by atoms with Crippen molar-refractivity contribution in [1.29, 1.82) is 0 Å². The first-order valence-electron chi connectivity index (χ1n) is 6.45. The van der Waals surface area contributed by atoms with Crippen LogP contribution >= 0.6 is 0 Å². The number of carbonyl (C=O) groups excluding carboxylic acids is 2. The van der Waals surface area contributed by atoms with Gasteiger partial charge in [0.15, 0.2) is 0 Å². The summed E-state index contributed by atoms with van der Waals surface area (Å²) < 4.78 is 4.94. The molecule has 0 saturated heterocycles. The van der Waals surface area contributed by atoms with Crippen LogP contribution in [0.3, 0.4) is 0 Å². The van der Waals surface area contributed by atoms with E-state index in [9.17, 15) is 14.4 Å². The summed E-state index contributed by atoms with van der Waals surface area (Å²) in [5, 5.41) is 14.0. The van der Waals surface area contributed by atoms with Gasteiger partial charge in [-0.25, -0.2) is 4.79 Å². The molecule has 0 radical (unpaired) electrons. The summed E-state index contributed by atoms with van der Waals surface area (Å²) in [7, 11) is 1.42. The average molecular weight is 294 g/mol. The zero-order valence-electron chi connectivity index (χ0n) is 11.9. The number of ether oxygens (including phenoxy) is 1. The number of aromatic carboxylic acids is 1. The van der Waals surface area contributed by atoms with Crippen molar-refractivity contribution in [2.75, 3.05) is 19.0 Å². The SMILES string of the molecule is CCCC(=O)NCC(=O)Nc1ccc(OC)cc1C(=O)O. The summed E-state index contributed by atoms with van der Waals surface area (Å²) >= 11 is 0. The number of methoxy groups -OCH3 is 1. The highest BCUT2D eigenvalue weighted by Gasteiger charge is 2.14. The highest BCUT2D eigenvalue weighted by atomic mass is 16.5. The van der Waals surface area contributed by atoms with E-state index in [1.807, 2.05) is 6.92 Å². The molecule has 2 amide bonds. The second-order valence-corrected chi connectivity index (χ2v) is 4.29. The summed E-state index contributed by atoms with van der Waals surface area (Å²) in [6, 6.07) is 4.29. The number of rotatable bonds is 7. The molecule has 0 spiro atoms. The fraction of sp³-hybridized carbons (Fsp3) is 0.357. The second kappa shape index (κ2) is 7.88.